The minimum absolute atomic E-state index is 0.456. The van der Waals surface area contributed by atoms with Crippen LogP contribution < -0.4 is 5.32 Å². The maximum atomic E-state index is 3.82. The summed E-state index contributed by atoms with van der Waals surface area (Å²) in [6, 6.07) is 10.6. The number of hydrogen-bond donors (Lipinski definition) is 1. The number of nitrogens with one attached hydrogen (secondary N) is 1. The smallest absolute Gasteiger partial charge is 0.0342 e. The van der Waals surface area contributed by atoms with Crippen molar-refractivity contribution < 1.29 is 0 Å². The Morgan fingerprint density at radius 2 is 2.00 bits per heavy atom. The van der Waals surface area contributed by atoms with Gasteiger partial charge in [-0.1, -0.05) is 25.1 Å². The maximum Gasteiger partial charge on any atom is 0.0342 e. The van der Waals surface area contributed by atoms with Gasteiger partial charge in [0.2, 0.25) is 0 Å². The molecule has 1 aromatic rings. The molecule has 0 saturated heterocycles. The molecule has 1 N–H and O–H groups in total. The molecule has 0 fully saturated rings. The molecule has 1 nitrogen and oxygen atoms in total. The maximum absolute atomic E-state index is 3.82. The highest BCUT2D eigenvalue weighted by molar-refractivity contribution is 5.43. The van der Waals surface area contributed by atoms with Crippen LogP contribution in [0.2, 0.25) is 0 Å². The molecule has 0 aromatic heterocycles. The molecule has 1 radical (unpaired) electrons. The normalized spacial score (nSPS) is 12.5. The second kappa shape index (κ2) is 4.02. The van der Waals surface area contributed by atoms with Gasteiger partial charge in [-0.2, -0.15) is 0 Å². The van der Waals surface area contributed by atoms with E-state index in [-0.39, 0.29) is 0 Å². The molecule has 0 aliphatic rings. The average molecular weight is 148 g/mol. The summed E-state index contributed by atoms with van der Waals surface area (Å²) in [5.41, 5.74) is 1.17. The molecule has 0 heterocycles. The zero-order valence-electron chi connectivity index (χ0n) is 6.88. The monoisotopic (exact) mass is 148 g/mol. The Hall–Kier alpha value is -0.980. The van der Waals surface area contributed by atoms with Gasteiger partial charge in [0, 0.05) is 11.7 Å². The lowest BCUT2D eigenvalue weighted by Crippen LogP contribution is -2.12. The van der Waals surface area contributed by atoms with Gasteiger partial charge in [-0.3, -0.25) is 0 Å². The standard InChI is InChI=1S/C10H14N/c1-3-9(2)11-10-7-5-4-6-8-10/h4-9,11H,1,3H2,2H3. The van der Waals surface area contributed by atoms with Gasteiger partial charge in [0.1, 0.15) is 0 Å². The Morgan fingerprint density at radius 1 is 1.36 bits per heavy atom. The van der Waals surface area contributed by atoms with E-state index in [0.717, 1.165) is 6.42 Å². The first kappa shape index (κ1) is 8.12. The van der Waals surface area contributed by atoms with Crippen molar-refractivity contribution in [3.8, 4) is 0 Å². The van der Waals surface area contributed by atoms with E-state index in [9.17, 15) is 0 Å². The van der Waals surface area contributed by atoms with Crippen molar-refractivity contribution in [1.82, 2.24) is 0 Å². The Kier molecular flexibility index (Phi) is 2.96. The highest BCUT2D eigenvalue weighted by atomic mass is 14.9. The molecule has 0 bridgehead atoms. The quantitative estimate of drug-likeness (QED) is 0.695. The molecule has 0 aliphatic carbocycles. The molecule has 1 heteroatoms. The van der Waals surface area contributed by atoms with Crippen LogP contribution in [0.25, 0.3) is 0 Å². The van der Waals surface area contributed by atoms with Crippen LogP contribution >= 0.6 is 0 Å². The van der Waals surface area contributed by atoms with Crippen molar-refractivity contribution in [1.29, 1.82) is 0 Å². The summed E-state index contributed by atoms with van der Waals surface area (Å²) < 4.78 is 0. The van der Waals surface area contributed by atoms with E-state index in [1.54, 1.807) is 0 Å². The molecule has 1 unspecified atom stereocenters. The molecule has 0 aliphatic heterocycles. The fourth-order valence-corrected chi connectivity index (χ4v) is 0.891. The lowest BCUT2D eigenvalue weighted by Gasteiger charge is -2.11. The highest BCUT2D eigenvalue weighted by Gasteiger charge is 1.95. The summed E-state index contributed by atoms with van der Waals surface area (Å²) in [4.78, 5) is 0. The predicted octanol–water partition coefficient (Wildman–Crippen LogP) is 2.71. The average Bonchev–Trinajstić information content (AvgIpc) is 2.06. The molecular formula is C10H14N. The van der Waals surface area contributed by atoms with Crippen LogP contribution in [0.3, 0.4) is 0 Å². The summed E-state index contributed by atoms with van der Waals surface area (Å²) >= 11 is 0. The van der Waals surface area contributed by atoms with Crippen LogP contribution in [0, 0.1) is 6.92 Å². The van der Waals surface area contributed by atoms with Crippen molar-refractivity contribution in [3.63, 3.8) is 0 Å². The lowest BCUT2D eigenvalue weighted by molar-refractivity contribution is 0.811. The van der Waals surface area contributed by atoms with Gasteiger partial charge in [0.05, 0.1) is 0 Å². The van der Waals surface area contributed by atoms with E-state index in [1.165, 1.54) is 5.69 Å². The number of hydrogen-bond acceptors (Lipinski definition) is 1. The van der Waals surface area contributed by atoms with Gasteiger partial charge in [-0.05, 0) is 25.5 Å². The lowest BCUT2D eigenvalue weighted by atomic mass is 10.2. The first-order valence-corrected chi connectivity index (χ1v) is 3.93. The van der Waals surface area contributed by atoms with E-state index in [4.69, 9.17) is 0 Å². The number of para-hydroxylation sites is 1. The van der Waals surface area contributed by atoms with E-state index in [2.05, 4.69) is 31.3 Å². The van der Waals surface area contributed by atoms with Crippen LogP contribution in [0.15, 0.2) is 30.3 Å². The number of rotatable bonds is 3. The molecule has 0 amide bonds. The van der Waals surface area contributed by atoms with Crippen LogP contribution in [0.1, 0.15) is 13.3 Å². The van der Waals surface area contributed by atoms with Gasteiger partial charge in [0.25, 0.3) is 0 Å². The summed E-state index contributed by atoms with van der Waals surface area (Å²) in [5.74, 6) is 0. The molecule has 1 rings (SSSR count). The Balaban J connectivity index is 2.51. The largest absolute Gasteiger partial charge is 0.383 e. The third-order valence-corrected chi connectivity index (χ3v) is 1.62. The second-order valence-electron chi connectivity index (χ2n) is 2.70. The van der Waals surface area contributed by atoms with E-state index < -0.39 is 0 Å². The minimum atomic E-state index is 0.456. The Labute approximate surface area is 68.4 Å². The molecular weight excluding hydrogens is 134 g/mol. The molecule has 1 aromatic carbocycles. The van der Waals surface area contributed by atoms with Gasteiger partial charge < -0.3 is 5.32 Å². The Morgan fingerprint density at radius 3 is 2.55 bits per heavy atom. The third kappa shape index (κ3) is 2.62. The minimum Gasteiger partial charge on any atom is -0.383 e. The van der Waals surface area contributed by atoms with E-state index in [1.807, 2.05) is 18.2 Å². The summed E-state index contributed by atoms with van der Waals surface area (Å²) in [6.45, 7) is 5.94. The van der Waals surface area contributed by atoms with Gasteiger partial charge >= 0.3 is 0 Å². The van der Waals surface area contributed by atoms with E-state index in [0.29, 0.717) is 6.04 Å². The second-order valence-corrected chi connectivity index (χ2v) is 2.70. The molecule has 11 heavy (non-hydrogen) atoms. The zero-order chi connectivity index (χ0) is 8.10. The topological polar surface area (TPSA) is 12.0 Å². The van der Waals surface area contributed by atoms with Gasteiger partial charge in [-0.25, -0.2) is 0 Å². The number of benzene rings is 1. The van der Waals surface area contributed by atoms with Crippen LogP contribution in [0.4, 0.5) is 5.69 Å². The third-order valence-electron chi connectivity index (χ3n) is 1.62. The summed E-state index contributed by atoms with van der Waals surface area (Å²) in [7, 11) is 0. The first-order chi connectivity index (χ1) is 5.33. The SMILES string of the molecule is [CH2]CC(C)Nc1ccccc1. The van der Waals surface area contributed by atoms with Crippen molar-refractivity contribution in [2.75, 3.05) is 5.32 Å². The van der Waals surface area contributed by atoms with Gasteiger partial charge in [0.15, 0.2) is 0 Å². The zero-order valence-corrected chi connectivity index (χ0v) is 6.88. The van der Waals surface area contributed by atoms with Gasteiger partial charge in [-0.15, -0.1) is 0 Å². The molecule has 59 valence electrons. The highest BCUT2D eigenvalue weighted by Crippen LogP contribution is 2.07. The van der Waals surface area contributed by atoms with Crippen molar-refractivity contribution in [3.05, 3.63) is 37.3 Å². The van der Waals surface area contributed by atoms with Crippen molar-refractivity contribution >= 4 is 5.69 Å². The molecule has 0 spiro atoms. The summed E-state index contributed by atoms with van der Waals surface area (Å²) in [6.07, 6.45) is 0.912. The van der Waals surface area contributed by atoms with E-state index >= 15 is 0 Å². The van der Waals surface area contributed by atoms with Crippen LogP contribution in [-0.4, -0.2) is 6.04 Å². The van der Waals surface area contributed by atoms with Crippen molar-refractivity contribution in [2.45, 2.75) is 19.4 Å². The van der Waals surface area contributed by atoms with Crippen LogP contribution in [0.5, 0.6) is 0 Å². The fraction of sp³-hybridized carbons (Fsp3) is 0.300. The fourth-order valence-electron chi connectivity index (χ4n) is 0.891. The molecule has 0 saturated carbocycles. The first-order valence-electron chi connectivity index (χ1n) is 3.93. The summed E-state index contributed by atoms with van der Waals surface area (Å²) in [5, 5.41) is 3.33. The van der Waals surface area contributed by atoms with Crippen molar-refractivity contribution in [2.24, 2.45) is 0 Å². The van der Waals surface area contributed by atoms with Crippen LogP contribution in [-0.2, 0) is 0 Å². The predicted molar refractivity (Wildman–Crippen MR) is 49.5 cm³/mol. The number of anilines is 1. The Bertz CT molecular complexity index is 193. The molecule has 1 atom stereocenters.